The van der Waals surface area contributed by atoms with E-state index in [2.05, 4.69) is 0 Å². The average molecular weight is 223 g/mol. The molecule has 4 heteroatoms. The van der Waals surface area contributed by atoms with Crippen LogP contribution in [0.2, 0.25) is 0 Å². The summed E-state index contributed by atoms with van der Waals surface area (Å²) in [5.74, 6) is -0.439. The van der Waals surface area contributed by atoms with Crippen LogP contribution in [0.3, 0.4) is 0 Å². The third-order valence-corrected chi connectivity index (χ3v) is 2.67. The van der Waals surface area contributed by atoms with E-state index in [1.807, 2.05) is 30.5 Å². The lowest BCUT2D eigenvalue weighted by atomic mass is 10.2. The fourth-order valence-electron chi connectivity index (χ4n) is 1.07. The minimum absolute atomic E-state index is 0.439. The van der Waals surface area contributed by atoms with Crippen LogP contribution in [0.1, 0.15) is 5.56 Å². The molecule has 0 aliphatic heterocycles. The summed E-state index contributed by atoms with van der Waals surface area (Å²) in [4.78, 5) is 12.2. The van der Waals surface area contributed by atoms with Gasteiger partial charge in [-0.05, 0) is 24.0 Å². The lowest BCUT2D eigenvalue weighted by Crippen LogP contribution is -2.19. The van der Waals surface area contributed by atoms with Crippen LogP contribution >= 0.6 is 11.8 Å². The van der Waals surface area contributed by atoms with Gasteiger partial charge in [-0.15, -0.1) is 11.8 Å². The fourth-order valence-corrected chi connectivity index (χ4v) is 1.66. The average Bonchev–Trinajstić information content (AvgIpc) is 2.26. The molecule has 0 heterocycles. The highest BCUT2D eigenvalue weighted by Gasteiger charge is 2.00. The van der Waals surface area contributed by atoms with Crippen molar-refractivity contribution < 1.29 is 10.0 Å². The highest BCUT2D eigenvalue weighted by Crippen LogP contribution is 2.20. The highest BCUT2D eigenvalue weighted by molar-refractivity contribution is 7.98. The molecule has 0 unspecified atom stereocenters. The number of amides is 1. The Labute approximate surface area is 93.4 Å². The van der Waals surface area contributed by atoms with Gasteiger partial charge in [-0.1, -0.05) is 18.2 Å². The maximum Gasteiger partial charge on any atom is 0.269 e. The van der Waals surface area contributed by atoms with Crippen LogP contribution in [-0.2, 0) is 4.79 Å². The summed E-state index contributed by atoms with van der Waals surface area (Å²) in [6.45, 7) is 0. The van der Waals surface area contributed by atoms with Gasteiger partial charge in [0.1, 0.15) is 0 Å². The fraction of sp³-hybridized carbons (Fsp3) is 0.182. The molecule has 0 radical (unpaired) electrons. The van der Waals surface area contributed by atoms with Gasteiger partial charge in [0.25, 0.3) is 5.91 Å². The van der Waals surface area contributed by atoms with Crippen molar-refractivity contribution in [1.82, 2.24) is 5.06 Å². The number of hydrogen-bond donors (Lipinski definition) is 1. The van der Waals surface area contributed by atoms with Gasteiger partial charge in [-0.3, -0.25) is 10.0 Å². The van der Waals surface area contributed by atoms with E-state index in [9.17, 15) is 4.79 Å². The van der Waals surface area contributed by atoms with E-state index in [0.29, 0.717) is 5.06 Å². The van der Waals surface area contributed by atoms with E-state index in [0.717, 1.165) is 10.5 Å². The molecule has 3 nitrogen and oxygen atoms in total. The first kappa shape index (κ1) is 11.8. The topological polar surface area (TPSA) is 40.5 Å². The van der Waals surface area contributed by atoms with Crippen LogP contribution in [-0.4, -0.2) is 29.5 Å². The zero-order chi connectivity index (χ0) is 11.3. The molecule has 0 atom stereocenters. The smallest absolute Gasteiger partial charge is 0.269 e. The van der Waals surface area contributed by atoms with Crippen LogP contribution < -0.4 is 0 Å². The van der Waals surface area contributed by atoms with Crippen LogP contribution in [0.5, 0.6) is 0 Å². The first-order valence-electron chi connectivity index (χ1n) is 4.43. The van der Waals surface area contributed by atoms with Crippen LogP contribution in [0.25, 0.3) is 6.08 Å². The molecule has 1 rings (SSSR count). The zero-order valence-corrected chi connectivity index (χ0v) is 9.49. The number of likely N-dealkylation sites (N-methyl/N-ethyl adjacent to an activating group) is 1. The largest absolute Gasteiger partial charge is 0.286 e. The Morgan fingerprint density at radius 1 is 1.47 bits per heavy atom. The molecule has 1 amide bonds. The first-order chi connectivity index (χ1) is 7.15. The van der Waals surface area contributed by atoms with Crippen molar-refractivity contribution in [1.29, 1.82) is 0 Å². The second kappa shape index (κ2) is 5.58. The van der Waals surface area contributed by atoms with Crippen LogP contribution in [0, 0.1) is 0 Å². The number of thioether (sulfide) groups is 1. The second-order valence-electron chi connectivity index (χ2n) is 2.94. The molecule has 0 fully saturated rings. The summed E-state index contributed by atoms with van der Waals surface area (Å²) in [5, 5.41) is 9.41. The Kier molecular flexibility index (Phi) is 4.39. The van der Waals surface area contributed by atoms with Gasteiger partial charge >= 0.3 is 0 Å². The third kappa shape index (κ3) is 3.42. The lowest BCUT2D eigenvalue weighted by Gasteiger charge is -2.04. The van der Waals surface area contributed by atoms with Crippen molar-refractivity contribution >= 4 is 23.7 Å². The number of benzene rings is 1. The molecule has 0 aromatic heterocycles. The summed E-state index contributed by atoms with van der Waals surface area (Å²) < 4.78 is 0. The minimum atomic E-state index is -0.439. The monoisotopic (exact) mass is 223 g/mol. The van der Waals surface area contributed by atoms with Crippen molar-refractivity contribution in [3.63, 3.8) is 0 Å². The SMILES string of the molecule is CSc1ccccc1/C=C/C(=O)N(C)O. The van der Waals surface area contributed by atoms with E-state index in [-0.39, 0.29) is 0 Å². The van der Waals surface area contributed by atoms with Gasteiger partial charge in [0.05, 0.1) is 0 Å². The van der Waals surface area contributed by atoms with E-state index >= 15 is 0 Å². The molecular formula is C11H13NO2S. The van der Waals surface area contributed by atoms with Crippen molar-refractivity contribution in [2.75, 3.05) is 13.3 Å². The Balaban J connectivity index is 2.84. The van der Waals surface area contributed by atoms with Gasteiger partial charge in [0, 0.05) is 18.0 Å². The van der Waals surface area contributed by atoms with Gasteiger partial charge in [-0.2, -0.15) is 0 Å². The molecule has 0 bridgehead atoms. The number of carbonyl (C=O) groups excluding carboxylic acids is 1. The van der Waals surface area contributed by atoms with Crippen molar-refractivity contribution in [3.8, 4) is 0 Å². The molecule has 0 spiro atoms. The zero-order valence-electron chi connectivity index (χ0n) is 8.68. The van der Waals surface area contributed by atoms with E-state index < -0.39 is 5.91 Å². The summed E-state index contributed by atoms with van der Waals surface area (Å²) in [6, 6.07) is 7.76. The summed E-state index contributed by atoms with van der Waals surface area (Å²) >= 11 is 1.62. The number of carbonyl (C=O) groups is 1. The van der Waals surface area contributed by atoms with E-state index in [1.54, 1.807) is 17.8 Å². The summed E-state index contributed by atoms with van der Waals surface area (Å²) in [7, 11) is 1.30. The van der Waals surface area contributed by atoms with Gasteiger partial charge in [0.2, 0.25) is 0 Å². The molecule has 0 aliphatic carbocycles. The lowest BCUT2D eigenvalue weighted by molar-refractivity contribution is -0.153. The number of nitrogens with zero attached hydrogens (tertiary/aromatic N) is 1. The standard InChI is InChI=1S/C11H13NO2S/c1-12(14)11(13)8-7-9-5-3-4-6-10(9)15-2/h3-8,14H,1-2H3/b8-7+. The quantitative estimate of drug-likeness (QED) is 0.370. The molecular weight excluding hydrogens is 210 g/mol. The number of hydroxylamine groups is 2. The normalized spacial score (nSPS) is 10.6. The van der Waals surface area contributed by atoms with E-state index in [1.165, 1.54) is 13.1 Å². The van der Waals surface area contributed by atoms with Crippen LogP contribution in [0.15, 0.2) is 35.2 Å². The van der Waals surface area contributed by atoms with Gasteiger partial charge in [0.15, 0.2) is 0 Å². The van der Waals surface area contributed by atoms with E-state index in [4.69, 9.17) is 5.21 Å². The Bertz CT molecular complexity index is 375. The molecule has 0 saturated heterocycles. The Hall–Kier alpha value is -1.26. The molecule has 15 heavy (non-hydrogen) atoms. The minimum Gasteiger partial charge on any atom is -0.286 e. The van der Waals surface area contributed by atoms with Crippen molar-refractivity contribution in [2.24, 2.45) is 0 Å². The van der Waals surface area contributed by atoms with Crippen molar-refractivity contribution in [3.05, 3.63) is 35.9 Å². The second-order valence-corrected chi connectivity index (χ2v) is 3.79. The Morgan fingerprint density at radius 3 is 2.73 bits per heavy atom. The van der Waals surface area contributed by atoms with Gasteiger partial charge < -0.3 is 0 Å². The number of hydrogen-bond acceptors (Lipinski definition) is 3. The molecule has 0 aliphatic rings. The highest BCUT2D eigenvalue weighted by atomic mass is 32.2. The number of rotatable bonds is 3. The predicted molar refractivity (Wildman–Crippen MR) is 61.8 cm³/mol. The molecule has 80 valence electrons. The molecule has 0 saturated carbocycles. The Morgan fingerprint density at radius 2 is 2.13 bits per heavy atom. The maximum atomic E-state index is 11.1. The van der Waals surface area contributed by atoms with Gasteiger partial charge in [-0.25, -0.2) is 5.06 Å². The van der Waals surface area contributed by atoms with Crippen LogP contribution in [0.4, 0.5) is 0 Å². The summed E-state index contributed by atoms with van der Waals surface area (Å²) in [5.41, 5.74) is 0.972. The van der Waals surface area contributed by atoms with Crippen molar-refractivity contribution in [2.45, 2.75) is 4.90 Å². The third-order valence-electron chi connectivity index (χ3n) is 1.86. The molecule has 1 N–H and O–H groups in total. The summed E-state index contributed by atoms with van der Waals surface area (Å²) in [6.07, 6.45) is 5.02. The molecule has 1 aromatic rings. The first-order valence-corrected chi connectivity index (χ1v) is 5.65. The predicted octanol–water partition coefficient (Wildman–Crippen LogP) is 2.27. The maximum absolute atomic E-state index is 11.1. The molecule has 1 aromatic carbocycles.